The maximum atomic E-state index is 9.10. The van der Waals surface area contributed by atoms with Gasteiger partial charge >= 0.3 is 11.9 Å². The highest BCUT2D eigenvalue weighted by Gasteiger charge is 2.19. The zero-order chi connectivity index (χ0) is 22.2. The van der Waals surface area contributed by atoms with Crippen molar-refractivity contribution in [2.45, 2.75) is 16.8 Å². The lowest BCUT2D eigenvalue weighted by atomic mass is 10.1. The van der Waals surface area contributed by atoms with Gasteiger partial charge in [-0.15, -0.1) is 0 Å². The molecule has 1 saturated heterocycles. The number of aromatic nitrogens is 1. The molecule has 31 heavy (non-hydrogen) atoms. The molecule has 1 aliphatic heterocycles. The molecule has 1 aromatic heterocycles. The second-order valence-corrected chi connectivity index (χ2v) is 8.05. The van der Waals surface area contributed by atoms with Crippen LogP contribution in [0.3, 0.4) is 0 Å². The van der Waals surface area contributed by atoms with E-state index in [0.717, 1.165) is 43.6 Å². The Hall–Kier alpha value is -3.10. The molecule has 3 aromatic rings. The molecule has 2 aromatic carbocycles. The minimum Gasteiger partial charge on any atom is -0.473 e. The monoisotopic (exact) mass is 439 g/mol. The second-order valence-electron chi connectivity index (χ2n) is 6.95. The summed E-state index contributed by atoms with van der Waals surface area (Å²) in [5.74, 6) is -2.52. The van der Waals surface area contributed by atoms with Crippen molar-refractivity contribution in [3.05, 3.63) is 60.7 Å². The van der Waals surface area contributed by atoms with E-state index in [9.17, 15) is 0 Å². The van der Waals surface area contributed by atoms with E-state index in [2.05, 4.69) is 77.4 Å². The van der Waals surface area contributed by atoms with Crippen LogP contribution in [0.2, 0.25) is 0 Å². The lowest BCUT2D eigenvalue weighted by Crippen LogP contribution is -2.46. The molecule has 2 heterocycles. The van der Waals surface area contributed by atoms with Gasteiger partial charge in [0.2, 0.25) is 0 Å². The molecule has 0 spiro atoms. The van der Waals surface area contributed by atoms with Crippen LogP contribution in [0.15, 0.2) is 70.6 Å². The summed E-state index contributed by atoms with van der Waals surface area (Å²) in [4.78, 5) is 29.4. The fourth-order valence-corrected chi connectivity index (χ4v) is 4.19. The minimum atomic E-state index is -1.82. The first-order valence-corrected chi connectivity index (χ1v) is 10.9. The number of carboxylic acids is 2. The van der Waals surface area contributed by atoms with Gasteiger partial charge in [0.25, 0.3) is 0 Å². The molecular formula is C23H25N3O4S. The van der Waals surface area contributed by atoms with Gasteiger partial charge in [-0.1, -0.05) is 61.2 Å². The number of carboxylic acid groups (broad SMARTS) is 2. The quantitative estimate of drug-likeness (QED) is 0.595. The lowest BCUT2D eigenvalue weighted by Gasteiger charge is -2.35. The molecule has 0 amide bonds. The summed E-state index contributed by atoms with van der Waals surface area (Å²) in [5, 5.41) is 18.4. The van der Waals surface area contributed by atoms with Crippen LogP contribution in [0.5, 0.6) is 0 Å². The molecule has 2 N–H and O–H groups in total. The molecule has 0 radical (unpaired) electrons. The van der Waals surface area contributed by atoms with Crippen molar-refractivity contribution < 1.29 is 19.8 Å². The Morgan fingerprint density at radius 1 is 0.935 bits per heavy atom. The maximum Gasteiger partial charge on any atom is 0.414 e. The molecule has 162 valence electrons. The van der Waals surface area contributed by atoms with Crippen LogP contribution in [-0.2, 0) is 9.59 Å². The van der Waals surface area contributed by atoms with Gasteiger partial charge in [-0.05, 0) is 30.1 Å². The molecule has 0 saturated carbocycles. The Labute approximate surface area is 185 Å². The molecule has 0 bridgehead atoms. The van der Waals surface area contributed by atoms with Gasteiger partial charge in [-0.2, -0.15) is 0 Å². The molecule has 1 fully saturated rings. The summed E-state index contributed by atoms with van der Waals surface area (Å²) in [6.45, 7) is 7.69. The Bertz CT molecular complexity index is 1030. The Morgan fingerprint density at radius 3 is 2.16 bits per heavy atom. The number of pyridine rings is 1. The largest absolute Gasteiger partial charge is 0.473 e. The normalized spacial score (nSPS) is 14.0. The summed E-state index contributed by atoms with van der Waals surface area (Å²) in [6, 6.07) is 21.3. The summed E-state index contributed by atoms with van der Waals surface area (Å²) >= 11 is 1.74. The molecule has 0 atom stereocenters. The lowest BCUT2D eigenvalue weighted by molar-refractivity contribution is -0.159. The SMILES string of the molecule is CCN1CCN(c2nc(Sc3ccccc3)cc3ccccc23)CC1.O=C(O)C(=O)O. The number of carbonyl (C=O) groups is 2. The van der Waals surface area contributed by atoms with E-state index in [1.54, 1.807) is 11.8 Å². The van der Waals surface area contributed by atoms with Gasteiger partial charge in [-0.3, -0.25) is 0 Å². The van der Waals surface area contributed by atoms with Gasteiger partial charge < -0.3 is 20.0 Å². The molecule has 0 unspecified atom stereocenters. The zero-order valence-electron chi connectivity index (χ0n) is 17.3. The third kappa shape index (κ3) is 6.19. The smallest absolute Gasteiger partial charge is 0.414 e. The van der Waals surface area contributed by atoms with Crippen LogP contribution < -0.4 is 4.90 Å². The van der Waals surface area contributed by atoms with Crippen molar-refractivity contribution >= 4 is 40.3 Å². The van der Waals surface area contributed by atoms with E-state index in [1.165, 1.54) is 15.7 Å². The van der Waals surface area contributed by atoms with E-state index in [1.807, 2.05) is 0 Å². The number of hydrogen-bond acceptors (Lipinski definition) is 6. The third-order valence-electron chi connectivity index (χ3n) is 4.96. The molecule has 0 aliphatic carbocycles. The van der Waals surface area contributed by atoms with Gasteiger partial charge in [0.1, 0.15) is 10.8 Å². The summed E-state index contributed by atoms with van der Waals surface area (Å²) in [6.07, 6.45) is 0. The van der Waals surface area contributed by atoms with Gasteiger partial charge in [0, 0.05) is 36.5 Å². The number of anilines is 1. The van der Waals surface area contributed by atoms with Gasteiger partial charge in [0.15, 0.2) is 0 Å². The topological polar surface area (TPSA) is 94.0 Å². The van der Waals surface area contributed by atoms with Crippen molar-refractivity contribution in [2.24, 2.45) is 0 Å². The second kappa shape index (κ2) is 10.8. The van der Waals surface area contributed by atoms with E-state index in [-0.39, 0.29) is 0 Å². The van der Waals surface area contributed by atoms with Crippen LogP contribution in [0.1, 0.15) is 6.92 Å². The number of benzene rings is 2. The highest BCUT2D eigenvalue weighted by atomic mass is 32.2. The maximum absolute atomic E-state index is 9.10. The number of hydrogen-bond donors (Lipinski definition) is 2. The summed E-state index contributed by atoms with van der Waals surface area (Å²) in [7, 11) is 0. The highest BCUT2D eigenvalue weighted by molar-refractivity contribution is 7.99. The van der Waals surface area contributed by atoms with Crippen LogP contribution >= 0.6 is 11.8 Å². The minimum absolute atomic E-state index is 1.05. The number of rotatable bonds is 4. The third-order valence-corrected chi connectivity index (χ3v) is 5.89. The van der Waals surface area contributed by atoms with Crippen molar-refractivity contribution in [2.75, 3.05) is 37.6 Å². The van der Waals surface area contributed by atoms with E-state index in [0.29, 0.717) is 0 Å². The first-order valence-electron chi connectivity index (χ1n) is 10.0. The summed E-state index contributed by atoms with van der Waals surface area (Å²) < 4.78 is 0. The fraction of sp³-hybridized carbons (Fsp3) is 0.261. The number of likely N-dealkylation sites (N-methyl/N-ethyl adjacent to an activating group) is 1. The predicted octanol–water partition coefficient (Wildman–Crippen LogP) is 3.68. The van der Waals surface area contributed by atoms with E-state index >= 15 is 0 Å². The molecule has 8 heteroatoms. The van der Waals surface area contributed by atoms with Crippen molar-refractivity contribution in [1.29, 1.82) is 0 Å². The molecular weight excluding hydrogens is 414 g/mol. The Kier molecular flexibility index (Phi) is 7.86. The van der Waals surface area contributed by atoms with Crippen LogP contribution in [0, 0.1) is 0 Å². The average molecular weight is 440 g/mol. The van der Waals surface area contributed by atoms with Crippen LogP contribution in [0.4, 0.5) is 5.82 Å². The van der Waals surface area contributed by atoms with Crippen molar-refractivity contribution in [1.82, 2.24) is 9.88 Å². The van der Waals surface area contributed by atoms with Gasteiger partial charge in [-0.25, -0.2) is 14.6 Å². The summed E-state index contributed by atoms with van der Waals surface area (Å²) in [5.41, 5.74) is 0. The molecule has 7 nitrogen and oxygen atoms in total. The number of fused-ring (bicyclic) bond motifs is 1. The highest BCUT2D eigenvalue weighted by Crippen LogP contribution is 2.33. The van der Waals surface area contributed by atoms with Crippen molar-refractivity contribution in [3.8, 4) is 0 Å². The van der Waals surface area contributed by atoms with E-state index < -0.39 is 11.9 Å². The number of piperazine rings is 1. The average Bonchev–Trinajstić information content (AvgIpc) is 2.79. The molecule has 1 aliphatic rings. The fourth-order valence-electron chi connectivity index (χ4n) is 3.33. The first-order chi connectivity index (χ1) is 15.0. The Morgan fingerprint density at radius 2 is 1.55 bits per heavy atom. The molecule has 4 rings (SSSR count). The van der Waals surface area contributed by atoms with Gasteiger partial charge in [0.05, 0.1) is 0 Å². The van der Waals surface area contributed by atoms with E-state index in [4.69, 9.17) is 24.8 Å². The standard InChI is InChI=1S/C21H23N3S.C2H2O4/c1-2-23-12-14-24(15-13-23)21-19-11-7-6-8-17(19)16-20(22-21)25-18-9-4-3-5-10-18;3-1(4)2(5)6/h3-11,16H,2,12-15H2,1H3;(H,3,4)(H,5,6). The number of nitrogens with zero attached hydrogens (tertiary/aromatic N) is 3. The first kappa shape index (κ1) is 22.6. The number of aliphatic carboxylic acids is 2. The zero-order valence-corrected chi connectivity index (χ0v) is 18.1. The Balaban J connectivity index is 0.000000401. The van der Waals surface area contributed by atoms with Crippen molar-refractivity contribution in [3.63, 3.8) is 0 Å². The van der Waals surface area contributed by atoms with Crippen LogP contribution in [-0.4, -0.2) is 64.8 Å². The van der Waals surface area contributed by atoms with Crippen LogP contribution in [0.25, 0.3) is 10.8 Å². The predicted molar refractivity (Wildman–Crippen MR) is 122 cm³/mol.